The largest absolute Gasteiger partial charge is 0.450 e. The zero-order chi connectivity index (χ0) is 19.6. The van der Waals surface area contributed by atoms with Crippen molar-refractivity contribution >= 4 is 34.2 Å². The third-order valence-electron chi connectivity index (χ3n) is 4.17. The number of carbonyl (C=O) groups excluding carboxylic acids is 3. The molecule has 3 rings (SSSR count). The molecule has 1 aromatic carbocycles. The lowest BCUT2D eigenvalue weighted by Gasteiger charge is -2.26. The van der Waals surface area contributed by atoms with Crippen molar-refractivity contribution in [2.24, 2.45) is 5.73 Å². The first-order valence-corrected chi connectivity index (χ1v) is 9.16. The van der Waals surface area contributed by atoms with Crippen LogP contribution < -0.4 is 11.1 Å². The molecule has 2 heterocycles. The van der Waals surface area contributed by atoms with Gasteiger partial charge in [0.25, 0.3) is 11.8 Å². The van der Waals surface area contributed by atoms with Crippen molar-refractivity contribution in [2.45, 2.75) is 19.9 Å². The molecule has 7 nitrogen and oxygen atoms in total. The predicted octanol–water partition coefficient (Wildman–Crippen LogP) is 2.75. The van der Waals surface area contributed by atoms with Crippen LogP contribution in [0.4, 0.5) is 14.2 Å². The van der Waals surface area contributed by atoms with E-state index in [1.54, 1.807) is 13.0 Å². The standard InChI is InChI=1S/C18H18FN3O4S/c1-2-26-18(25)22-8-7-11-13(9-22)27-17(14(11)15(20)23)21-16(24)10-5-3-4-6-12(10)19/h3-6H,2,7-9H2,1H3,(H2,20,23)(H,21,24). The van der Waals surface area contributed by atoms with Crippen molar-refractivity contribution in [3.63, 3.8) is 0 Å². The summed E-state index contributed by atoms with van der Waals surface area (Å²) in [4.78, 5) is 38.6. The fraction of sp³-hybridized carbons (Fsp3) is 0.278. The summed E-state index contributed by atoms with van der Waals surface area (Å²) in [6, 6.07) is 5.56. The van der Waals surface area contributed by atoms with Gasteiger partial charge in [-0.05, 0) is 31.0 Å². The molecule has 9 heteroatoms. The number of benzene rings is 1. The minimum atomic E-state index is -0.680. The minimum absolute atomic E-state index is 0.132. The number of hydrogen-bond donors (Lipinski definition) is 2. The summed E-state index contributed by atoms with van der Waals surface area (Å²) in [6.07, 6.45) is -0.0208. The first-order chi connectivity index (χ1) is 12.9. The molecular formula is C18H18FN3O4S. The number of fused-ring (bicyclic) bond motifs is 1. The van der Waals surface area contributed by atoms with Crippen LogP contribution in [0.5, 0.6) is 0 Å². The van der Waals surface area contributed by atoms with Gasteiger partial charge in [0.15, 0.2) is 0 Å². The predicted molar refractivity (Wildman–Crippen MR) is 98.3 cm³/mol. The van der Waals surface area contributed by atoms with Gasteiger partial charge in [-0.15, -0.1) is 11.3 Å². The summed E-state index contributed by atoms with van der Waals surface area (Å²) >= 11 is 1.15. The average molecular weight is 391 g/mol. The van der Waals surface area contributed by atoms with E-state index in [1.165, 1.54) is 23.1 Å². The molecule has 2 aromatic rings. The van der Waals surface area contributed by atoms with Gasteiger partial charge in [-0.3, -0.25) is 9.59 Å². The molecule has 0 radical (unpaired) electrons. The number of nitrogens with one attached hydrogen (secondary N) is 1. The summed E-state index contributed by atoms with van der Waals surface area (Å²) in [5.41, 5.74) is 6.29. The van der Waals surface area contributed by atoms with Gasteiger partial charge in [0, 0.05) is 11.4 Å². The van der Waals surface area contributed by atoms with Gasteiger partial charge in [0.1, 0.15) is 10.8 Å². The number of amides is 3. The molecule has 3 amide bonds. The topological polar surface area (TPSA) is 102 Å². The number of anilines is 1. The van der Waals surface area contributed by atoms with Crippen molar-refractivity contribution in [2.75, 3.05) is 18.5 Å². The lowest BCUT2D eigenvalue weighted by molar-refractivity contribution is 0.0997. The Labute approximate surface area is 158 Å². The molecule has 27 heavy (non-hydrogen) atoms. The number of primary amides is 1. The summed E-state index contributed by atoms with van der Waals surface area (Å²) < 4.78 is 18.8. The molecular weight excluding hydrogens is 373 g/mol. The van der Waals surface area contributed by atoms with Crippen LogP contribution in [0.15, 0.2) is 24.3 Å². The van der Waals surface area contributed by atoms with Crippen LogP contribution in [0, 0.1) is 5.82 Å². The smallest absolute Gasteiger partial charge is 0.410 e. The Hall–Kier alpha value is -2.94. The van der Waals surface area contributed by atoms with Gasteiger partial charge < -0.3 is 20.7 Å². The quantitative estimate of drug-likeness (QED) is 0.837. The van der Waals surface area contributed by atoms with Crippen molar-refractivity contribution in [3.8, 4) is 0 Å². The Kier molecular flexibility index (Phi) is 5.41. The molecule has 1 aliphatic rings. The molecule has 142 valence electrons. The second-order valence-electron chi connectivity index (χ2n) is 5.88. The Morgan fingerprint density at radius 1 is 1.33 bits per heavy atom. The Bertz CT molecular complexity index is 912. The Morgan fingerprint density at radius 3 is 2.74 bits per heavy atom. The maximum atomic E-state index is 13.8. The van der Waals surface area contributed by atoms with Crippen LogP contribution in [-0.2, 0) is 17.7 Å². The van der Waals surface area contributed by atoms with E-state index < -0.39 is 23.7 Å². The normalized spacial score (nSPS) is 13.0. The van der Waals surface area contributed by atoms with E-state index in [1.807, 2.05) is 0 Å². The highest BCUT2D eigenvalue weighted by atomic mass is 32.1. The summed E-state index contributed by atoms with van der Waals surface area (Å²) in [5, 5.41) is 2.84. The van der Waals surface area contributed by atoms with Crippen LogP contribution in [0.25, 0.3) is 0 Å². The highest BCUT2D eigenvalue weighted by Crippen LogP contribution is 2.37. The molecule has 1 aliphatic heterocycles. The maximum absolute atomic E-state index is 13.8. The molecule has 0 saturated carbocycles. The van der Waals surface area contributed by atoms with E-state index in [0.717, 1.165) is 16.2 Å². The molecule has 0 fully saturated rings. The second kappa shape index (κ2) is 7.75. The van der Waals surface area contributed by atoms with Crippen LogP contribution in [0.3, 0.4) is 0 Å². The van der Waals surface area contributed by atoms with E-state index in [4.69, 9.17) is 10.5 Å². The Morgan fingerprint density at radius 2 is 2.07 bits per heavy atom. The summed E-state index contributed by atoms with van der Waals surface area (Å²) in [7, 11) is 0. The number of thiophene rings is 1. The number of ether oxygens (including phenoxy) is 1. The molecule has 0 unspecified atom stereocenters. The van der Waals surface area contributed by atoms with E-state index in [0.29, 0.717) is 18.5 Å². The fourth-order valence-corrected chi connectivity index (χ4v) is 4.20. The Balaban J connectivity index is 1.89. The van der Waals surface area contributed by atoms with Crippen LogP contribution >= 0.6 is 11.3 Å². The number of nitrogens with two attached hydrogens (primary N) is 1. The van der Waals surface area contributed by atoms with Crippen molar-refractivity contribution < 1.29 is 23.5 Å². The zero-order valence-electron chi connectivity index (χ0n) is 14.6. The van der Waals surface area contributed by atoms with Crippen molar-refractivity contribution in [3.05, 3.63) is 51.7 Å². The zero-order valence-corrected chi connectivity index (χ0v) is 15.4. The lowest BCUT2D eigenvalue weighted by atomic mass is 10.0. The average Bonchev–Trinajstić information content (AvgIpc) is 2.99. The molecule has 1 aromatic heterocycles. The number of hydrogen-bond acceptors (Lipinski definition) is 5. The van der Waals surface area contributed by atoms with E-state index in [2.05, 4.69) is 5.32 Å². The number of halogens is 1. The minimum Gasteiger partial charge on any atom is -0.450 e. The molecule has 3 N–H and O–H groups in total. The van der Waals surface area contributed by atoms with Crippen LogP contribution in [0.2, 0.25) is 0 Å². The summed E-state index contributed by atoms with van der Waals surface area (Å²) in [6.45, 7) is 2.63. The molecule has 0 saturated heterocycles. The van der Waals surface area contributed by atoms with E-state index in [9.17, 15) is 18.8 Å². The molecule has 0 bridgehead atoms. The second-order valence-corrected chi connectivity index (χ2v) is 6.98. The third kappa shape index (κ3) is 3.77. The SMILES string of the molecule is CCOC(=O)N1CCc2c(sc(NC(=O)c3ccccc3F)c2C(N)=O)C1. The molecule has 0 atom stereocenters. The van der Waals surface area contributed by atoms with E-state index in [-0.39, 0.29) is 29.3 Å². The van der Waals surface area contributed by atoms with Gasteiger partial charge in [-0.1, -0.05) is 12.1 Å². The van der Waals surface area contributed by atoms with E-state index >= 15 is 0 Å². The first-order valence-electron chi connectivity index (χ1n) is 8.34. The highest BCUT2D eigenvalue weighted by molar-refractivity contribution is 7.17. The first kappa shape index (κ1) is 18.8. The number of nitrogens with zero attached hydrogens (tertiary/aromatic N) is 1. The van der Waals surface area contributed by atoms with Gasteiger partial charge >= 0.3 is 6.09 Å². The van der Waals surface area contributed by atoms with Gasteiger partial charge in [-0.25, -0.2) is 9.18 Å². The number of rotatable bonds is 4. The fourth-order valence-electron chi connectivity index (χ4n) is 2.94. The van der Waals surface area contributed by atoms with Gasteiger partial charge in [-0.2, -0.15) is 0 Å². The third-order valence-corrected chi connectivity index (χ3v) is 5.31. The van der Waals surface area contributed by atoms with Crippen LogP contribution in [0.1, 0.15) is 38.1 Å². The maximum Gasteiger partial charge on any atom is 0.410 e. The van der Waals surface area contributed by atoms with Gasteiger partial charge in [0.2, 0.25) is 0 Å². The monoisotopic (exact) mass is 391 g/mol. The number of carbonyl (C=O) groups is 3. The van der Waals surface area contributed by atoms with Crippen molar-refractivity contribution in [1.29, 1.82) is 0 Å². The summed E-state index contributed by atoms with van der Waals surface area (Å²) in [5.74, 6) is -2.01. The van der Waals surface area contributed by atoms with Crippen molar-refractivity contribution in [1.82, 2.24) is 4.90 Å². The lowest BCUT2D eigenvalue weighted by Crippen LogP contribution is -2.36. The molecule has 0 spiro atoms. The van der Waals surface area contributed by atoms with Crippen LogP contribution in [-0.4, -0.2) is 36.0 Å². The van der Waals surface area contributed by atoms with Gasteiger partial charge in [0.05, 0.1) is 24.3 Å². The molecule has 0 aliphatic carbocycles. The highest BCUT2D eigenvalue weighted by Gasteiger charge is 2.30.